The first kappa shape index (κ1) is 19.7. The SMILES string of the molecule is O=C(NCCO)c1sc2ncccc2c1[C@@H]1CCN(C(=O)c2cc3ccccc3o2)C1. The number of thiophene rings is 1. The fourth-order valence-corrected chi connectivity index (χ4v) is 5.34. The number of para-hydroxylation sites is 1. The Bertz CT molecular complexity index is 1250. The van der Waals surface area contributed by atoms with Crippen molar-refractivity contribution in [1.29, 1.82) is 0 Å². The van der Waals surface area contributed by atoms with E-state index in [-0.39, 0.29) is 30.9 Å². The molecule has 3 aromatic heterocycles. The molecule has 0 aliphatic carbocycles. The zero-order chi connectivity index (χ0) is 21.4. The van der Waals surface area contributed by atoms with Crippen LogP contribution in [-0.4, -0.2) is 53.0 Å². The highest BCUT2D eigenvalue weighted by molar-refractivity contribution is 7.20. The fourth-order valence-electron chi connectivity index (χ4n) is 4.20. The van der Waals surface area contributed by atoms with Crippen molar-refractivity contribution in [2.45, 2.75) is 12.3 Å². The second-order valence-electron chi connectivity index (χ2n) is 7.57. The van der Waals surface area contributed by atoms with Gasteiger partial charge in [0.05, 0.1) is 11.5 Å². The van der Waals surface area contributed by atoms with Crippen LogP contribution in [0.4, 0.5) is 0 Å². The van der Waals surface area contributed by atoms with Crippen molar-refractivity contribution < 1.29 is 19.1 Å². The van der Waals surface area contributed by atoms with E-state index >= 15 is 0 Å². The molecule has 1 aromatic carbocycles. The van der Waals surface area contributed by atoms with Gasteiger partial charge in [-0.3, -0.25) is 9.59 Å². The Morgan fingerprint density at radius 2 is 2.13 bits per heavy atom. The number of nitrogens with zero attached hydrogens (tertiary/aromatic N) is 2. The van der Waals surface area contributed by atoms with E-state index in [1.165, 1.54) is 11.3 Å². The molecule has 0 bridgehead atoms. The fraction of sp³-hybridized carbons (Fsp3) is 0.261. The number of aromatic nitrogens is 1. The van der Waals surface area contributed by atoms with Crippen LogP contribution in [0, 0.1) is 0 Å². The van der Waals surface area contributed by atoms with E-state index in [0.29, 0.717) is 29.3 Å². The van der Waals surface area contributed by atoms with E-state index in [0.717, 1.165) is 27.6 Å². The van der Waals surface area contributed by atoms with Crippen molar-refractivity contribution in [2.24, 2.45) is 0 Å². The molecule has 0 saturated carbocycles. The van der Waals surface area contributed by atoms with Crippen molar-refractivity contribution in [3.63, 3.8) is 0 Å². The third-order valence-corrected chi connectivity index (χ3v) is 6.76. The third kappa shape index (κ3) is 3.58. The van der Waals surface area contributed by atoms with Gasteiger partial charge in [0.2, 0.25) is 0 Å². The molecular weight excluding hydrogens is 414 g/mol. The lowest BCUT2D eigenvalue weighted by Crippen LogP contribution is -2.29. The molecule has 1 saturated heterocycles. The van der Waals surface area contributed by atoms with Crippen molar-refractivity contribution in [3.8, 4) is 0 Å². The summed E-state index contributed by atoms with van der Waals surface area (Å²) in [6.07, 6.45) is 2.47. The van der Waals surface area contributed by atoms with E-state index < -0.39 is 0 Å². The summed E-state index contributed by atoms with van der Waals surface area (Å²) in [5.41, 5.74) is 1.63. The van der Waals surface area contributed by atoms with Crippen LogP contribution >= 0.6 is 11.3 Å². The van der Waals surface area contributed by atoms with Crippen molar-refractivity contribution in [1.82, 2.24) is 15.2 Å². The molecule has 5 rings (SSSR count). The summed E-state index contributed by atoms with van der Waals surface area (Å²) in [7, 11) is 0. The second kappa shape index (κ2) is 8.13. The van der Waals surface area contributed by atoms with E-state index in [1.807, 2.05) is 36.4 Å². The summed E-state index contributed by atoms with van der Waals surface area (Å²) >= 11 is 1.35. The monoisotopic (exact) mass is 435 g/mol. The highest BCUT2D eigenvalue weighted by Crippen LogP contribution is 2.39. The van der Waals surface area contributed by atoms with Gasteiger partial charge in [-0.15, -0.1) is 11.3 Å². The predicted octanol–water partition coefficient (Wildman–Crippen LogP) is 3.39. The van der Waals surface area contributed by atoms with Gasteiger partial charge in [-0.1, -0.05) is 24.3 Å². The molecule has 1 fully saturated rings. The van der Waals surface area contributed by atoms with E-state index in [9.17, 15) is 9.59 Å². The molecule has 158 valence electrons. The van der Waals surface area contributed by atoms with Gasteiger partial charge in [0, 0.05) is 42.5 Å². The Balaban J connectivity index is 1.43. The molecule has 2 N–H and O–H groups in total. The number of aliphatic hydroxyl groups excluding tert-OH is 1. The zero-order valence-electron chi connectivity index (χ0n) is 16.7. The summed E-state index contributed by atoms with van der Waals surface area (Å²) < 4.78 is 5.76. The molecule has 8 heteroatoms. The molecule has 1 atom stereocenters. The largest absolute Gasteiger partial charge is 0.451 e. The molecule has 31 heavy (non-hydrogen) atoms. The van der Waals surface area contributed by atoms with Gasteiger partial charge in [-0.25, -0.2) is 4.98 Å². The van der Waals surface area contributed by atoms with Gasteiger partial charge >= 0.3 is 0 Å². The number of furan rings is 1. The maximum atomic E-state index is 13.1. The van der Waals surface area contributed by atoms with Crippen LogP contribution in [0.2, 0.25) is 0 Å². The standard InChI is InChI=1S/C23H21N3O4S/c27-11-9-24-21(28)20-19(16-5-3-8-25-22(16)31-20)15-7-10-26(13-15)23(29)18-12-14-4-1-2-6-17(14)30-18/h1-6,8,12,15,27H,7,9-11,13H2,(H,24,28)/t15-/m1/s1. The molecule has 4 heterocycles. The van der Waals surface area contributed by atoms with Gasteiger partial charge in [0.25, 0.3) is 11.8 Å². The lowest BCUT2D eigenvalue weighted by atomic mass is 9.95. The number of carbonyl (C=O) groups is 2. The number of carbonyl (C=O) groups excluding carboxylic acids is 2. The maximum absolute atomic E-state index is 13.1. The van der Waals surface area contributed by atoms with E-state index in [1.54, 1.807) is 17.2 Å². The van der Waals surface area contributed by atoms with Crippen LogP contribution in [-0.2, 0) is 0 Å². The Labute approximate surface area is 182 Å². The smallest absolute Gasteiger partial charge is 0.289 e. The number of amides is 2. The molecule has 0 radical (unpaired) electrons. The minimum atomic E-state index is -0.214. The molecule has 2 amide bonds. The normalized spacial score (nSPS) is 16.3. The third-order valence-electron chi connectivity index (χ3n) is 5.63. The number of aliphatic hydroxyl groups is 1. The van der Waals surface area contributed by atoms with Gasteiger partial charge in [0.15, 0.2) is 5.76 Å². The Hall–Kier alpha value is -3.23. The highest BCUT2D eigenvalue weighted by Gasteiger charge is 2.34. The lowest BCUT2D eigenvalue weighted by Gasteiger charge is -2.16. The number of benzene rings is 1. The van der Waals surface area contributed by atoms with Gasteiger partial charge in [-0.2, -0.15) is 0 Å². The quantitative estimate of drug-likeness (QED) is 0.501. The molecule has 0 spiro atoms. The molecule has 7 nitrogen and oxygen atoms in total. The molecule has 1 aliphatic heterocycles. The maximum Gasteiger partial charge on any atom is 0.289 e. The average molecular weight is 436 g/mol. The van der Waals surface area contributed by atoms with Gasteiger partial charge in [0.1, 0.15) is 10.4 Å². The zero-order valence-corrected chi connectivity index (χ0v) is 17.5. The van der Waals surface area contributed by atoms with Crippen LogP contribution in [0.25, 0.3) is 21.2 Å². The summed E-state index contributed by atoms with van der Waals surface area (Å²) in [5.74, 6) is 0.0116. The number of hydrogen-bond acceptors (Lipinski definition) is 6. The number of rotatable bonds is 5. The van der Waals surface area contributed by atoms with Crippen LogP contribution in [0.1, 0.15) is 38.1 Å². The van der Waals surface area contributed by atoms with Crippen LogP contribution in [0.5, 0.6) is 0 Å². The number of pyridine rings is 1. The summed E-state index contributed by atoms with van der Waals surface area (Å²) in [6.45, 7) is 1.18. The average Bonchev–Trinajstić information content (AvgIpc) is 3.52. The lowest BCUT2D eigenvalue weighted by molar-refractivity contribution is 0.0761. The Morgan fingerprint density at radius 3 is 2.97 bits per heavy atom. The first-order valence-corrected chi connectivity index (χ1v) is 11.0. The molecule has 4 aromatic rings. The number of fused-ring (bicyclic) bond motifs is 2. The Kier molecular flexibility index (Phi) is 5.17. The minimum absolute atomic E-state index is 0.0288. The Morgan fingerprint density at radius 1 is 1.26 bits per heavy atom. The highest BCUT2D eigenvalue weighted by atomic mass is 32.1. The first-order valence-electron chi connectivity index (χ1n) is 10.2. The predicted molar refractivity (Wildman–Crippen MR) is 119 cm³/mol. The van der Waals surface area contributed by atoms with Gasteiger partial charge in [-0.05, 0) is 30.2 Å². The van der Waals surface area contributed by atoms with Crippen LogP contribution in [0.3, 0.4) is 0 Å². The second-order valence-corrected chi connectivity index (χ2v) is 8.56. The first-order chi connectivity index (χ1) is 15.2. The molecule has 0 unspecified atom stereocenters. The van der Waals surface area contributed by atoms with Crippen LogP contribution < -0.4 is 5.32 Å². The summed E-state index contributed by atoms with van der Waals surface area (Å²) in [4.78, 5) is 33.4. The van der Waals surface area contributed by atoms with E-state index in [2.05, 4.69) is 10.3 Å². The minimum Gasteiger partial charge on any atom is -0.451 e. The molecular formula is C23H21N3O4S. The van der Waals surface area contributed by atoms with Crippen LogP contribution in [0.15, 0.2) is 53.1 Å². The van der Waals surface area contributed by atoms with E-state index in [4.69, 9.17) is 9.52 Å². The van der Waals surface area contributed by atoms with Crippen molar-refractivity contribution in [3.05, 3.63) is 64.9 Å². The number of nitrogens with one attached hydrogen (secondary N) is 1. The van der Waals surface area contributed by atoms with Crippen molar-refractivity contribution >= 4 is 44.3 Å². The van der Waals surface area contributed by atoms with Crippen molar-refractivity contribution in [2.75, 3.05) is 26.2 Å². The van der Waals surface area contributed by atoms with Gasteiger partial charge < -0.3 is 19.7 Å². The number of likely N-dealkylation sites (tertiary alicyclic amines) is 1. The number of hydrogen-bond donors (Lipinski definition) is 2. The summed E-state index contributed by atoms with van der Waals surface area (Å²) in [5, 5.41) is 13.7. The summed E-state index contributed by atoms with van der Waals surface area (Å²) in [6, 6.07) is 13.2. The molecule has 1 aliphatic rings. The topological polar surface area (TPSA) is 95.7 Å².